The highest BCUT2D eigenvalue weighted by atomic mass is 35.5. The number of hydrogen-bond donors (Lipinski definition) is 5. The van der Waals surface area contributed by atoms with Gasteiger partial charge in [0.1, 0.15) is 55.4 Å². The number of carbonyl (C=O) groups is 2. The number of fused-ring (bicyclic) bond motifs is 1. The van der Waals surface area contributed by atoms with Gasteiger partial charge >= 0.3 is 5.97 Å². The number of amides is 1. The van der Waals surface area contributed by atoms with Gasteiger partial charge in [0.15, 0.2) is 18.9 Å². The van der Waals surface area contributed by atoms with Crippen molar-refractivity contribution in [3.05, 3.63) is 131 Å². The molecule has 3 aromatic carbocycles. The van der Waals surface area contributed by atoms with Gasteiger partial charge < -0.3 is 58.9 Å². The average molecular weight is 779 g/mol. The number of hydrogen-bond acceptors (Lipinski definition) is 14. The number of benzene rings is 3. The standard InChI is InChI=1S/C39H39ClN2O13/c40-25-14-13-21(16-26(25)42-35(47)24-12-7-15-41-17-24)18-50-38-31(45)29(43)34(27(52-38)19-49-36(48)22-8-3-1-4-9-22)55-39-32(46)30(44)33-28(53-39)20-51-37(54-33)23-10-5-2-6-11-23/h1-17,27-34,37-39,43-46H,18-20H2,(H,42,47)/t27-,28-,29-,30-,31-,32-,33-,34-,37?,38-,39-/m1/s1. The fourth-order valence-electron chi connectivity index (χ4n) is 6.41. The van der Waals surface area contributed by atoms with Crippen LogP contribution in [0.1, 0.15) is 38.1 Å². The molecule has 290 valence electrons. The molecule has 0 spiro atoms. The van der Waals surface area contributed by atoms with E-state index in [1.54, 1.807) is 79.0 Å². The topological polar surface area (TPSA) is 205 Å². The molecular formula is C39H39ClN2O13. The van der Waals surface area contributed by atoms with Gasteiger partial charge in [-0.1, -0.05) is 66.2 Å². The van der Waals surface area contributed by atoms with Gasteiger partial charge in [-0.2, -0.15) is 0 Å². The molecule has 4 heterocycles. The minimum absolute atomic E-state index is 0.0200. The molecule has 11 atom stereocenters. The van der Waals surface area contributed by atoms with Gasteiger partial charge in [-0.15, -0.1) is 0 Å². The zero-order valence-corrected chi connectivity index (χ0v) is 29.8. The van der Waals surface area contributed by atoms with Gasteiger partial charge in [0.05, 0.1) is 35.1 Å². The first-order chi connectivity index (χ1) is 26.7. The van der Waals surface area contributed by atoms with Crippen molar-refractivity contribution in [1.29, 1.82) is 0 Å². The first kappa shape index (κ1) is 38.9. The summed E-state index contributed by atoms with van der Waals surface area (Å²) in [6, 6.07) is 25.3. The molecule has 0 bridgehead atoms. The highest BCUT2D eigenvalue weighted by Crippen LogP contribution is 2.36. The van der Waals surface area contributed by atoms with Crippen molar-refractivity contribution in [2.75, 3.05) is 18.5 Å². The zero-order valence-electron chi connectivity index (χ0n) is 29.1. The molecule has 3 saturated heterocycles. The van der Waals surface area contributed by atoms with E-state index >= 15 is 0 Å². The van der Waals surface area contributed by atoms with E-state index in [1.165, 1.54) is 6.20 Å². The first-order valence-corrected chi connectivity index (χ1v) is 17.9. The third kappa shape index (κ3) is 9.04. The molecule has 0 radical (unpaired) electrons. The van der Waals surface area contributed by atoms with E-state index in [0.717, 1.165) is 0 Å². The SMILES string of the molecule is O=C(Nc1cc(CO[C@@H]2O[C@H](COC(=O)c3ccccc3)[C@@H](O[C@H]3O[C@@H]4COC(c5ccccc5)O[C@H]4[C@H](O)[C@H]3O)[C@H](O)[C@H]2O)ccc1Cl)c1cccnc1. The Balaban J connectivity index is 1.04. The monoisotopic (exact) mass is 778 g/mol. The number of ether oxygens (including phenoxy) is 7. The molecule has 1 unspecified atom stereocenters. The molecule has 3 fully saturated rings. The number of aliphatic hydroxyl groups excluding tert-OH is 4. The summed E-state index contributed by atoms with van der Waals surface area (Å²) in [6.07, 6.45) is -12.1. The van der Waals surface area contributed by atoms with Crippen molar-refractivity contribution in [3.63, 3.8) is 0 Å². The molecule has 55 heavy (non-hydrogen) atoms. The Morgan fingerprint density at radius 3 is 2.29 bits per heavy atom. The number of carbonyl (C=O) groups excluding carboxylic acids is 2. The smallest absolute Gasteiger partial charge is 0.338 e. The van der Waals surface area contributed by atoms with Crippen LogP contribution in [-0.2, 0) is 39.8 Å². The summed E-state index contributed by atoms with van der Waals surface area (Å²) in [4.78, 5) is 29.6. The highest BCUT2D eigenvalue weighted by molar-refractivity contribution is 6.34. The molecule has 1 amide bonds. The van der Waals surface area contributed by atoms with Crippen LogP contribution < -0.4 is 5.32 Å². The van der Waals surface area contributed by atoms with E-state index in [-0.39, 0.29) is 23.8 Å². The van der Waals surface area contributed by atoms with Gasteiger partial charge in [-0.25, -0.2) is 4.79 Å². The fourth-order valence-corrected chi connectivity index (χ4v) is 6.58. The fraction of sp³-hybridized carbons (Fsp3) is 0.359. The zero-order chi connectivity index (χ0) is 38.5. The molecule has 5 N–H and O–H groups in total. The van der Waals surface area contributed by atoms with Crippen molar-refractivity contribution in [2.24, 2.45) is 0 Å². The second-order valence-corrected chi connectivity index (χ2v) is 13.5. The predicted octanol–water partition coefficient (Wildman–Crippen LogP) is 2.75. The van der Waals surface area contributed by atoms with Crippen molar-refractivity contribution in [3.8, 4) is 0 Å². The van der Waals surface area contributed by atoms with Crippen LogP contribution in [0.5, 0.6) is 0 Å². The van der Waals surface area contributed by atoms with Crippen LogP contribution in [0.25, 0.3) is 0 Å². The number of rotatable bonds is 11. The van der Waals surface area contributed by atoms with E-state index in [9.17, 15) is 30.0 Å². The molecule has 0 saturated carbocycles. The molecule has 3 aliphatic heterocycles. The number of halogens is 1. The third-order valence-electron chi connectivity index (χ3n) is 9.34. The lowest BCUT2D eigenvalue weighted by molar-refractivity contribution is -0.386. The van der Waals surface area contributed by atoms with Gasteiger partial charge in [-0.3, -0.25) is 9.78 Å². The van der Waals surface area contributed by atoms with E-state index in [4.69, 9.17) is 44.8 Å². The van der Waals surface area contributed by atoms with E-state index in [1.807, 2.05) is 18.2 Å². The average Bonchev–Trinajstić information content (AvgIpc) is 3.22. The van der Waals surface area contributed by atoms with Crippen LogP contribution in [0.4, 0.5) is 5.69 Å². The van der Waals surface area contributed by atoms with Gasteiger partial charge in [0.2, 0.25) is 0 Å². The van der Waals surface area contributed by atoms with Crippen molar-refractivity contribution in [2.45, 2.75) is 74.3 Å². The number of esters is 1. The summed E-state index contributed by atoms with van der Waals surface area (Å²) in [5.74, 6) is -1.13. The second kappa shape index (κ2) is 17.6. The summed E-state index contributed by atoms with van der Waals surface area (Å²) in [6.45, 7) is -0.670. The van der Waals surface area contributed by atoms with Crippen molar-refractivity contribution in [1.82, 2.24) is 4.98 Å². The Hall–Kier alpha value is -4.36. The van der Waals surface area contributed by atoms with Gasteiger partial charge in [0.25, 0.3) is 5.91 Å². The number of anilines is 1. The summed E-state index contributed by atoms with van der Waals surface area (Å²) >= 11 is 6.35. The normalized spacial score (nSPS) is 30.5. The lowest BCUT2D eigenvalue weighted by Gasteiger charge is -2.48. The maximum Gasteiger partial charge on any atom is 0.338 e. The van der Waals surface area contributed by atoms with Crippen molar-refractivity contribution < 1.29 is 63.2 Å². The van der Waals surface area contributed by atoms with Crippen LogP contribution in [-0.4, -0.2) is 112 Å². The van der Waals surface area contributed by atoms with E-state index in [0.29, 0.717) is 22.4 Å². The number of nitrogens with one attached hydrogen (secondary N) is 1. The number of aromatic nitrogens is 1. The Labute approximate surface area is 320 Å². The minimum atomic E-state index is -1.73. The molecule has 15 nitrogen and oxygen atoms in total. The largest absolute Gasteiger partial charge is 0.459 e. The van der Waals surface area contributed by atoms with Crippen LogP contribution in [0, 0.1) is 0 Å². The van der Waals surface area contributed by atoms with Crippen molar-refractivity contribution >= 4 is 29.2 Å². The number of aliphatic hydroxyl groups is 4. The van der Waals surface area contributed by atoms with Crippen LogP contribution >= 0.6 is 11.6 Å². The molecule has 16 heteroatoms. The molecule has 7 rings (SSSR count). The van der Waals surface area contributed by atoms with Gasteiger partial charge in [-0.05, 0) is 42.0 Å². The van der Waals surface area contributed by atoms with Crippen LogP contribution in [0.15, 0.2) is 103 Å². The maximum absolute atomic E-state index is 12.9. The minimum Gasteiger partial charge on any atom is -0.459 e. The summed E-state index contributed by atoms with van der Waals surface area (Å²) in [5, 5.41) is 47.9. The number of pyridine rings is 1. The Bertz CT molecular complexity index is 1890. The maximum atomic E-state index is 12.9. The molecule has 3 aliphatic rings. The molecule has 4 aromatic rings. The van der Waals surface area contributed by atoms with E-state index in [2.05, 4.69) is 10.3 Å². The first-order valence-electron chi connectivity index (χ1n) is 17.5. The quantitative estimate of drug-likeness (QED) is 0.139. The lowest BCUT2D eigenvalue weighted by Crippen LogP contribution is -2.66. The van der Waals surface area contributed by atoms with Crippen LogP contribution in [0.3, 0.4) is 0 Å². The Morgan fingerprint density at radius 2 is 1.55 bits per heavy atom. The third-order valence-corrected chi connectivity index (χ3v) is 9.67. The molecular weight excluding hydrogens is 740 g/mol. The summed E-state index contributed by atoms with van der Waals surface area (Å²) < 4.78 is 41.3. The Kier molecular flexibility index (Phi) is 12.5. The number of nitrogens with zero attached hydrogens (tertiary/aromatic N) is 1. The van der Waals surface area contributed by atoms with E-state index < -0.39 is 86.2 Å². The van der Waals surface area contributed by atoms with Gasteiger partial charge in [0, 0.05) is 18.0 Å². The summed E-state index contributed by atoms with van der Waals surface area (Å²) in [5.41, 5.74) is 2.10. The highest BCUT2D eigenvalue weighted by Gasteiger charge is 2.53. The van der Waals surface area contributed by atoms with Crippen LogP contribution in [0.2, 0.25) is 5.02 Å². The lowest BCUT2D eigenvalue weighted by atomic mass is 9.96. The molecule has 1 aromatic heterocycles. The predicted molar refractivity (Wildman–Crippen MR) is 191 cm³/mol. The Morgan fingerprint density at radius 1 is 0.818 bits per heavy atom. The second-order valence-electron chi connectivity index (χ2n) is 13.1. The summed E-state index contributed by atoms with van der Waals surface area (Å²) in [7, 11) is 0. The molecule has 0 aliphatic carbocycles.